The van der Waals surface area contributed by atoms with E-state index < -0.39 is 5.97 Å². The minimum absolute atomic E-state index is 0.325. The molecule has 0 aromatic heterocycles. The fourth-order valence-electron chi connectivity index (χ4n) is 2.59. The van der Waals surface area contributed by atoms with Gasteiger partial charge in [0.1, 0.15) is 0 Å². The highest BCUT2D eigenvalue weighted by molar-refractivity contribution is 5.67. The molecule has 0 spiro atoms. The molecule has 1 unspecified atom stereocenters. The maximum Gasteiger partial charge on any atom is 0.303 e. The normalized spacial score (nSPS) is 19.8. The van der Waals surface area contributed by atoms with Gasteiger partial charge in [-0.1, -0.05) is 27.2 Å². The summed E-state index contributed by atoms with van der Waals surface area (Å²) < 4.78 is 0. The second-order valence-corrected chi connectivity index (χ2v) is 5.59. The number of likely N-dealkylation sites (tertiary alicyclic amines) is 1. The summed E-state index contributed by atoms with van der Waals surface area (Å²) in [5, 5.41) is 8.88. The van der Waals surface area contributed by atoms with Crippen LogP contribution in [0.3, 0.4) is 0 Å². The summed E-state index contributed by atoms with van der Waals surface area (Å²) in [6.45, 7) is 9.88. The molecule has 1 heterocycles. The Hall–Kier alpha value is -0.570. The fraction of sp³-hybridized carbons (Fsp3) is 0.923. The van der Waals surface area contributed by atoms with Crippen LogP contribution in [0, 0.1) is 17.8 Å². The van der Waals surface area contributed by atoms with Crippen LogP contribution in [0.1, 0.15) is 40.0 Å². The number of carboxylic acid groups (broad SMARTS) is 1. The molecular formula is C13H25NO2. The molecular weight excluding hydrogens is 202 g/mol. The molecule has 0 aromatic rings. The van der Waals surface area contributed by atoms with Gasteiger partial charge in [-0.25, -0.2) is 0 Å². The molecule has 0 bridgehead atoms. The second kappa shape index (κ2) is 6.24. The van der Waals surface area contributed by atoms with Crippen molar-refractivity contribution < 1.29 is 9.90 Å². The molecule has 0 aromatic carbocycles. The molecule has 1 aliphatic rings. The third kappa shape index (κ3) is 4.52. The van der Waals surface area contributed by atoms with Crippen LogP contribution in [-0.4, -0.2) is 35.6 Å². The smallest absolute Gasteiger partial charge is 0.303 e. The summed E-state index contributed by atoms with van der Waals surface area (Å²) in [5.74, 6) is 1.12. The van der Waals surface area contributed by atoms with Crippen LogP contribution >= 0.6 is 0 Å². The Morgan fingerprint density at radius 1 is 1.44 bits per heavy atom. The lowest BCUT2D eigenvalue weighted by Gasteiger charge is -2.41. The second-order valence-electron chi connectivity index (χ2n) is 5.59. The van der Waals surface area contributed by atoms with Crippen molar-refractivity contribution in [3.8, 4) is 0 Å². The van der Waals surface area contributed by atoms with Gasteiger partial charge in [0.25, 0.3) is 0 Å². The number of rotatable bonds is 7. The first-order valence-corrected chi connectivity index (χ1v) is 6.45. The molecule has 1 rings (SSSR count). The van der Waals surface area contributed by atoms with Gasteiger partial charge in [0.05, 0.1) is 0 Å². The van der Waals surface area contributed by atoms with Gasteiger partial charge in [-0.15, -0.1) is 0 Å². The molecule has 0 saturated carbocycles. The third-order valence-corrected chi connectivity index (χ3v) is 3.39. The number of nitrogens with zero attached hydrogens (tertiary/aromatic N) is 1. The van der Waals surface area contributed by atoms with Crippen molar-refractivity contribution >= 4 is 5.97 Å². The predicted molar refractivity (Wildman–Crippen MR) is 65.4 cm³/mol. The van der Waals surface area contributed by atoms with E-state index in [4.69, 9.17) is 5.11 Å². The molecule has 0 amide bonds. The highest BCUT2D eigenvalue weighted by atomic mass is 16.4. The molecule has 1 atom stereocenters. The van der Waals surface area contributed by atoms with E-state index in [9.17, 15) is 4.79 Å². The summed E-state index contributed by atoms with van der Waals surface area (Å²) in [5.41, 5.74) is 0. The van der Waals surface area contributed by atoms with Crippen LogP contribution in [0.2, 0.25) is 0 Å². The van der Waals surface area contributed by atoms with Crippen LogP contribution in [0.5, 0.6) is 0 Å². The predicted octanol–water partition coefficient (Wildman–Crippen LogP) is 2.47. The van der Waals surface area contributed by atoms with Crippen molar-refractivity contribution in [1.29, 1.82) is 0 Å². The van der Waals surface area contributed by atoms with Crippen LogP contribution in [0.4, 0.5) is 0 Å². The average molecular weight is 227 g/mol. The molecule has 1 saturated heterocycles. The minimum atomic E-state index is -0.654. The zero-order chi connectivity index (χ0) is 12.1. The van der Waals surface area contributed by atoms with Gasteiger partial charge in [0.15, 0.2) is 0 Å². The highest BCUT2D eigenvalue weighted by Crippen LogP contribution is 2.23. The van der Waals surface area contributed by atoms with Crippen molar-refractivity contribution in [2.24, 2.45) is 17.8 Å². The van der Waals surface area contributed by atoms with E-state index in [1.54, 1.807) is 0 Å². The lowest BCUT2D eigenvalue weighted by Crippen LogP contribution is -2.48. The van der Waals surface area contributed by atoms with E-state index in [2.05, 4.69) is 25.7 Å². The van der Waals surface area contributed by atoms with Gasteiger partial charge in [0.2, 0.25) is 0 Å². The Labute approximate surface area is 98.8 Å². The van der Waals surface area contributed by atoms with Crippen molar-refractivity contribution in [2.75, 3.05) is 19.6 Å². The molecule has 1 N–H and O–H groups in total. The fourth-order valence-corrected chi connectivity index (χ4v) is 2.59. The SMILES string of the molecule is CCC1CN(CC(CC(=O)O)CC(C)C)C1. The summed E-state index contributed by atoms with van der Waals surface area (Å²) in [4.78, 5) is 13.2. The summed E-state index contributed by atoms with van der Waals surface area (Å²) in [6.07, 6.45) is 2.61. The molecule has 1 aliphatic heterocycles. The molecule has 1 fully saturated rings. The van der Waals surface area contributed by atoms with Gasteiger partial charge in [-0.3, -0.25) is 4.79 Å². The van der Waals surface area contributed by atoms with Gasteiger partial charge < -0.3 is 10.0 Å². The first-order valence-electron chi connectivity index (χ1n) is 6.45. The molecule has 94 valence electrons. The van der Waals surface area contributed by atoms with Crippen molar-refractivity contribution in [3.63, 3.8) is 0 Å². The Morgan fingerprint density at radius 3 is 2.50 bits per heavy atom. The van der Waals surface area contributed by atoms with Crippen LogP contribution in [0.25, 0.3) is 0 Å². The van der Waals surface area contributed by atoms with Crippen LogP contribution in [0.15, 0.2) is 0 Å². The maximum atomic E-state index is 10.8. The topological polar surface area (TPSA) is 40.5 Å². The molecule has 16 heavy (non-hydrogen) atoms. The first kappa shape index (κ1) is 13.5. The van der Waals surface area contributed by atoms with Gasteiger partial charge in [0, 0.05) is 26.1 Å². The van der Waals surface area contributed by atoms with Gasteiger partial charge >= 0.3 is 5.97 Å². The van der Waals surface area contributed by atoms with Crippen molar-refractivity contribution in [1.82, 2.24) is 4.90 Å². The number of hydrogen-bond donors (Lipinski definition) is 1. The monoisotopic (exact) mass is 227 g/mol. The van der Waals surface area contributed by atoms with E-state index in [0.29, 0.717) is 18.3 Å². The van der Waals surface area contributed by atoms with Gasteiger partial charge in [-0.05, 0) is 24.2 Å². The Balaban J connectivity index is 2.30. The molecule has 3 heteroatoms. The zero-order valence-electron chi connectivity index (χ0n) is 10.8. The maximum absolute atomic E-state index is 10.8. The number of carbonyl (C=O) groups is 1. The van der Waals surface area contributed by atoms with Crippen LogP contribution in [-0.2, 0) is 4.79 Å². The molecule has 0 radical (unpaired) electrons. The zero-order valence-corrected chi connectivity index (χ0v) is 10.8. The third-order valence-electron chi connectivity index (χ3n) is 3.39. The lowest BCUT2D eigenvalue weighted by molar-refractivity contribution is -0.138. The van der Waals surface area contributed by atoms with E-state index in [0.717, 1.165) is 18.9 Å². The summed E-state index contributed by atoms with van der Waals surface area (Å²) in [6, 6.07) is 0. The van der Waals surface area contributed by atoms with E-state index in [-0.39, 0.29) is 0 Å². The molecule has 0 aliphatic carbocycles. The Kier molecular flexibility index (Phi) is 5.26. The Morgan fingerprint density at radius 2 is 2.06 bits per heavy atom. The highest BCUT2D eigenvalue weighted by Gasteiger charge is 2.27. The first-order chi connectivity index (χ1) is 7.51. The quantitative estimate of drug-likeness (QED) is 0.726. The van der Waals surface area contributed by atoms with Crippen molar-refractivity contribution in [3.05, 3.63) is 0 Å². The number of aliphatic carboxylic acids is 1. The van der Waals surface area contributed by atoms with Gasteiger partial charge in [-0.2, -0.15) is 0 Å². The summed E-state index contributed by atoms with van der Waals surface area (Å²) >= 11 is 0. The Bertz CT molecular complexity index is 222. The van der Waals surface area contributed by atoms with E-state index >= 15 is 0 Å². The summed E-state index contributed by atoms with van der Waals surface area (Å²) in [7, 11) is 0. The van der Waals surface area contributed by atoms with Crippen LogP contribution < -0.4 is 0 Å². The average Bonchev–Trinajstić information content (AvgIpc) is 2.07. The number of carboxylic acids is 1. The number of hydrogen-bond acceptors (Lipinski definition) is 2. The minimum Gasteiger partial charge on any atom is -0.481 e. The standard InChI is InChI=1S/C13H25NO2/c1-4-11-7-14(8-11)9-12(5-10(2)3)6-13(15)16/h10-12H,4-9H2,1-3H3,(H,15,16). The lowest BCUT2D eigenvalue weighted by atomic mass is 9.90. The van der Waals surface area contributed by atoms with Crippen molar-refractivity contribution in [2.45, 2.75) is 40.0 Å². The van der Waals surface area contributed by atoms with E-state index in [1.807, 2.05) is 0 Å². The largest absolute Gasteiger partial charge is 0.481 e. The molecule has 3 nitrogen and oxygen atoms in total. The van der Waals surface area contributed by atoms with E-state index in [1.165, 1.54) is 19.5 Å².